The largest absolute Gasteiger partial charge is 0.494 e. The first-order valence-corrected chi connectivity index (χ1v) is 7.18. The number of rotatable bonds is 7. The molecule has 0 bridgehead atoms. The number of benzene rings is 1. The minimum Gasteiger partial charge on any atom is -0.494 e. The highest BCUT2D eigenvalue weighted by atomic mass is 35.5. The highest BCUT2D eigenvalue weighted by Crippen LogP contribution is 2.25. The molecular weight excluding hydrogens is 290 g/mol. The average Bonchev–Trinajstić information content (AvgIpc) is 2.48. The Bertz CT molecular complexity index is 552. The minimum atomic E-state index is 0.371. The van der Waals surface area contributed by atoms with E-state index in [-0.39, 0.29) is 0 Å². The van der Waals surface area contributed by atoms with Gasteiger partial charge in [0, 0.05) is 6.20 Å². The standard InChI is InChI=1S/C16H18ClNO3/c1-3-19-13-4-6-14(7-5-13)20-10-11-21-15-12(2)8-9-18-16(15)17/h4-9H,3,10-11H2,1-2H3. The van der Waals surface area contributed by atoms with Crippen molar-refractivity contribution in [3.8, 4) is 17.2 Å². The van der Waals surface area contributed by atoms with Gasteiger partial charge in [-0.05, 0) is 49.7 Å². The molecular formula is C16H18ClNO3. The van der Waals surface area contributed by atoms with E-state index in [1.807, 2.05) is 44.2 Å². The van der Waals surface area contributed by atoms with E-state index in [1.54, 1.807) is 6.20 Å². The summed E-state index contributed by atoms with van der Waals surface area (Å²) in [7, 11) is 0. The second-order valence-corrected chi connectivity index (χ2v) is 4.71. The summed E-state index contributed by atoms with van der Waals surface area (Å²) in [6.45, 7) is 5.36. The zero-order valence-corrected chi connectivity index (χ0v) is 12.9. The molecule has 0 unspecified atom stereocenters. The summed E-state index contributed by atoms with van der Waals surface area (Å²) in [5, 5.41) is 0.371. The second kappa shape index (κ2) is 7.74. The zero-order valence-electron chi connectivity index (χ0n) is 12.1. The molecule has 2 rings (SSSR count). The van der Waals surface area contributed by atoms with Crippen LogP contribution in [0.1, 0.15) is 12.5 Å². The molecule has 1 aromatic carbocycles. The van der Waals surface area contributed by atoms with E-state index in [0.29, 0.717) is 30.7 Å². The van der Waals surface area contributed by atoms with E-state index in [1.165, 1.54) is 0 Å². The fourth-order valence-electron chi connectivity index (χ4n) is 1.79. The Morgan fingerprint density at radius 1 is 0.952 bits per heavy atom. The molecule has 0 atom stereocenters. The predicted molar refractivity (Wildman–Crippen MR) is 82.6 cm³/mol. The third-order valence-corrected chi connectivity index (χ3v) is 3.06. The van der Waals surface area contributed by atoms with Gasteiger partial charge < -0.3 is 14.2 Å². The molecule has 1 heterocycles. The molecule has 0 saturated carbocycles. The Kier molecular flexibility index (Phi) is 5.69. The van der Waals surface area contributed by atoms with E-state index < -0.39 is 0 Å². The number of hydrogen-bond donors (Lipinski definition) is 0. The molecule has 0 spiro atoms. The lowest BCUT2D eigenvalue weighted by molar-refractivity contribution is 0.215. The van der Waals surface area contributed by atoms with Crippen LogP contribution in [0.3, 0.4) is 0 Å². The van der Waals surface area contributed by atoms with Crippen LogP contribution >= 0.6 is 11.6 Å². The van der Waals surface area contributed by atoms with Crippen molar-refractivity contribution in [3.63, 3.8) is 0 Å². The van der Waals surface area contributed by atoms with Crippen LogP contribution in [-0.2, 0) is 0 Å². The molecule has 4 nitrogen and oxygen atoms in total. The third-order valence-electron chi connectivity index (χ3n) is 2.79. The molecule has 0 fully saturated rings. The summed E-state index contributed by atoms with van der Waals surface area (Å²) in [4.78, 5) is 3.99. The summed E-state index contributed by atoms with van der Waals surface area (Å²) < 4.78 is 16.6. The van der Waals surface area contributed by atoms with Crippen molar-refractivity contribution in [1.82, 2.24) is 4.98 Å². The van der Waals surface area contributed by atoms with Crippen LogP contribution in [0.15, 0.2) is 36.5 Å². The predicted octanol–water partition coefficient (Wildman–Crippen LogP) is 3.90. The quantitative estimate of drug-likeness (QED) is 0.574. The maximum absolute atomic E-state index is 5.98. The summed E-state index contributed by atoms with van der Waals surface area (Å²) in [5.74, 6) is 2.21. The van der Waals surface area contributed by atoms with Gasteiger partial charge in [0.1, 0.15) is 24.7 Å². The number of nitrogens with zero attached hydrogens (tertiary/aromatic N) is 1. The molecule has 1 aromatic heterocycles. The van der Waals surface area contributed by atoms with Gasteiger partial charge in [-0.1, -0.05) is 11.6 Å². The van der Waals surface area contributed by atoms with Crippen molar-refractivity contribution >= 4 is 11.6 Å². The topological polar surface area (TPSA) is 40.6 Å². The van der Waals surface area contributed by atoms with Gasteiger partial charge >= 0.3 is 0 Å². The third kappa shape index (κ3) is 4.53. The van der Waals surface area contributed by atoms with Crippen LogP contribution in [0.5, 0.6) is 17.2 Å². The van der Waals surface area contributed by atoms with E-state index >= 15 is 0 Å². The van der Waals surface area contributed by atoms with Gasteiger partial charge in [0.05, 0.1) is 6.61 Å². The molecule has 0 saturated heterocycles. The van der Waals surface area contributed by atoms with Crippen LogP contribution in [0.25, 0.3) is 0 Å². The summed E-state index contributed by atoms with van der Waals surface area (Å²) in [6.07, 6.45) is 1.65. The second-order valence-electron chi connectivity index (χ2n) is 4.35. The van der Waals surface area contributed by atoms with Gasteiger partial charge in [0.2, 0.25) is 0 Å². The first kappa shape index (κ1) is 15.4. The van der Waals surface area contributed by atoms with E-state index in [0.717, 1.165) is 17.1 Å². The van der Waals surface area contributed by atoms with Crippen molar-refractivity contribution in [2.24, 2.45) is 0 Å². The van der Waals surface area contributed by atoms with E-state index in [9.17, 15) is 0 Å². The molecule has 21 heavy (non-hydrogen) atoms. The van der Waals surface area contributed by atoms with Gasteiger partial charge in [0.15, 0.2) is 10.9 Å². The number of aromatic nitrogens is 1. The molecule has 0 aliphatic rings. The smallest absolute Gasteiger partial charge is 0.171 e. The maximum atomic E-state index is 5.98. The van der Waals surface area contributed by atoms with Gasteiger partial charge in [-0.2, -0.15) is 0 Å². The minimum absolute atomic E-state index is 0.371. The SMILES string of the molecule is CCOc1ccc(OCCOc2c(C)ccnc2Cl)cc1. The van der Waals surface area contributed by atoms with Crippen LogP contribution in [0.2, 0.25) is 5.15 Å². The molecule has 2 aromatic rings. The molecule has 0 N–H and O–H groups in total. The molecule has 0 radical (unpaired) electrons. The van der Waals surface area contributed by atoms with Crippen LogP contribution in [0.4, 0.5) is 0 Å². The van der Waals surface area contributed by atoms with Crippen molar-refractivity contribution in [1.29, 1.82) is 0 Å². The zero-order chi connectivity index (χ0) is 15.1. The van der Waals surface area contributed by atoms with E-state index in [4.69, 9.17) is 25.8 Å². The lowest BCUT2D eigenvalue weighted by Gasteiger charge is -2.11. The maximum Gasteiger partial charge on any atom is 0.171 e. The van der Waals surface area contributed by atoms with Gasteiger partial charge in [0.25, 0.3) is 0 Å². The Hall–Kier alpha value is -1.94. The molecule has 5 heteroatoms. The first-order valence-electron chi connectivity index (χ1n) is 6.80. The van der Waals surface area contributed by atoms with Gasteiger partial charge in [-0.15, -0.1) is 0 Å². The van der Waals surface area contributed by atoms with E-state index in [2.05, 4.69) is 4.98 Å². The average molecular weight is 308 g/mol. The number of pyridine rings is 1. The highest BCUT2D eigenvalue weighted by molar-refractivity contribution is 6.30. The van der Waals surface area contributed by atoms with Crippen molar-refractivity contribution < 1.29 is 14.2 Å². The number of ether oxygens (including phenoxy) is 3. The number of hydrogen-bond acceptors (Lipinski definition) is 4. The number of halogens is 1. The molecule has 0 amide bonds. The summed E-state index contributed by atoms with van der Waals surface area (Å²) in [5.41, 5.74) is 0.955. The molecule has 112 valence electrons. The normalized spacial score (nSPS) is 10.2. The van der Waals surface area contributed by atoms with Gasteiger partial charge in [-0.25, -0.2) is 4.98 Å². The number of aryl methyl sites for hydroxylation is 1. The molecule has 0 aliphatic carbocycles. The lowest BCUT2D eigenvalue weighted by Crippen LogP contribution is -2.10. The Labute approximate surface area is 129 Å². The van der Waals surface area contributed by atoms with Crippen molar-refractivity contribution in [3.05, 3.63) is 47.2 Å². The summed E-state index contributed by atoms with van der Waals surface area (Å²) >= 11 is 5.98. The van der Waals surface area contributed by atoms with Crippen molar-refractivity contribution in [2.75, 3.05) is 19.8 Å². The first-order chi connectivity index (χ1) is 10.2. The highest BCUT2D eigenvalue weighted by Gasteiger charge is 2.06. The monoisotopic (exact) mass is 307 g/mol. The summed E-state index contributed by atoms with van der Waals surface area (Å²) in [6, 6.07) is 9.35. The fraction of sp³-hybridized carbons (Fsp3) is 0.312. The van der Waals surface area contributed by atoms with Crippen molar-refractivity contribution in [2.45, 2.75) is 13.8 Å². The lowest BCUT2D eigenvalue weighted by atomic mass is 10.3. The Morgan fingerprint density at radius 3 is 2.19 bits per heavy atom. The van der Waals surface area contributed by atoms with Gasteiger partial charge in [-0.3, -0.25) is 0 Å². The molecule has 0 aliphatic heterocycles. The van der Waals surface area contributed by atoms with Crippen LogP contribution in [-0.4, -0.2) is 24.8 Å². The Morgan fingerprint density at radius 2 is 1.57 bits per heavy atom. The fourth-order valence-corrected chi connectivity index (χ4v) is 2.05. The Balaban J connectivity index is 1.79. The van der Waals surface area contributed by atoms with Crippen LogP contribution < -0.4 is 14.2 Å². The van der Waals surface area contributed by atoms with Crippen LogP contribution in [0, 0.1) is 6.92 Å².